The van der Waals surface area contributed by atoms with Gasteiger partial charge in [-0.25, -0.2) is 9.37 Å². The van der Waals surface area contributed by atoms with Gasteiger partial charge in [-0.05, 0) is 43.4 Å². The van der Waals surface area contributed by atoms with E-state index < -0.39 is 0 Å². The van der Waals surface area contributed by atoms with Gasteiger partial charge in [0.25, 0.3) is 5.91 Å². The number of hydrogen-bond donors (Lipinski definition) is 0. The molecule has 0 spiro atoms. The summed E-state index contributed by atoms with van der Waals surface area (Å²) < 4.78 is 21.1. The highest BCUT2D eigenvalue weighted by atomic mass is 19.1. The highest BCUT2D eigenvalue weighted by molar-refractivity contribution is 5.94. The van der Waals surface area contributed by atoms with Gasteiger partial charge in [0, 0.05) is 30.6 Å². The van der Waals surface area contributed by atoms with E-state index in [1.807, 2.05) is 39.8 Å². The molecule has 0 bridgehead atoms. The van der Waals surface area contributed by atoms with Crippen molar-refractivity contribution in [2.45, 2.75) is 32.4 Å². The number of carbonyl (C=O) groups is 1. The summed E-state index contributed by atoms with van der Waals surface area (Å²) >= 11 is 0. The van der Waals surface area contributed by atoms with Crippen molar-refractivity contribution in [3.63, 3.8) is 0 Å². The van der Waals surface area contributed by atoms with Crippen molar-refractivity contribution in [3.8, 4) is 28.8 Å². The Bertz CT molecular complexity index is 1400. The van der Waals surface area contributed by atoms with Gasteiger partial charge in [-0.1, -0.05) is 36.3 Å². The molecule has 2 aromatic carbocycles. The first-order chi connectivity index (χ1) is 16.6. The number of amides is 1. The fourth-order valence-electron chi connectivity index (χ4n) is 4.35. The van der Waals surface area contributed by atoms with E-state index in [2.05, 4.69) is 16.8 Å². The summed E-state index contributed by atoms with van der Waals surface area (Å²) in [5.41, 5.74) is 3.58. The second-order valence-corrected chi connectivity index (χ2v) is 8.12. The smallest absolute Gasteiger partial charge is 0.299 e. The van der Waals surface area contributed by atoms with Gasteiger partial charge in [0.1, 0.15) is 24.0 Å². The summed E-state index contributed by atoms with van der Waals surface area (Å²) in [6.07, 6.45) is 7.15. The van der Waals surface area contributed by atoms with Crippen LogP contribution in [0.3, 0.4) is 0 Å². The molecule has 0 unspecified atom stereocenters. The Hall–Kier alpha value is -4.18. The number of halogens is 1. The first-order valence-electron chi connectivity index (χ1n) is 11.2. The molecule has 2 aromatic heterocycles. The van der Waals surface area contributed by atoms with Gasteiger partial charge in [-0.3, -0.25) is 14.2 Å². The van der Waals surface area contributed by atoms with Crippen molar-refractivity contribution in [3.05, 3.63) is 84.3 Å². The minimum absolute atomic E-state index is 0.129. The third kappa shape index (κ3) is 4.23. The van der Waals surface area contributed by atoms with Gasteiger partial charge in [0.2, 0.25) is 0 Å². The third-order valence-corrected chi connectivity index (χ3v) is 5.95. The lowest BCUT2D eigenvalue weighted by Gasteiger charge is -2.21. The number of rotatable bonds is 5. The Morgan fingerprint density at radius 3 is 2.88 bits per heavy atom. The first kappa shape index (κ1) is 21.7. The molecule has 4 aromatic rings. The molecule has 7 heteroatoms. The van der Waals surface area contributed by atoms with E-state index >= 15 is 0 Å². The summed E-state index contributed by atoms with van der Waals surface area (Å²) in [4.78, 5) is 23.6. The number of imidazole rings is 1. The second-order valence-electron chi connectivity index (χ2n) is 8.12. The van der Waals surface area contributed by atoms with Crippen LogP contribution in [0.1, 0.15) is 37.2 Å². The molecule has 1 aliphatic rings. The maximum Gasteiger partial charge on any atom is 0.299 e. The lowest BCUT2D eigenvalue weighted by Crippen LogP contribution is -2.30. The van der Waals surface area contributed by atoms with Crippen LogP contribution >= 0.6 is 0 Å². The van der Waals surface area contributed by atoms with Crippen LogP contribution in [0, 0.1) is 17.7 Å². The molecule has 34 heavy (non-hydrogen) atoms. The zero-order valence-electron chi connectivity index (χ0n) is 18.7. The monoisotopic (exact) mass is 454 g/mol. The zero-order chi connectivity index (χ0) is 23.5. The van der Waals surface area contributed by atoms with Crippen molar-refractivity contribution >= 4 is 11.4 Å². The highest BCUT2D eigenvalue weighted by Crippen LogP contribution is 2.35. The van der Waals surface area contributed by atoms with Crippen molar-refractivity contribution in [1.82, 2.24) is 19.3 Å². The van der Waals surface area contributed by atoms with E-state index in [1.165, 1.54) is 12.1 Å². The Morgan fingerprint density at radius 1 is 1.24 bits per heavy atom. The fourth-order valence-corrected chi connectivity index (χ4v) is 4.35. The molecule has 3 heterocycles. The molecular weight excluding hydrogens is 431 g/mol. The summed E-state index contributed by atoms with van der Waals surface area (Å²) in [6, 6.07) is 13.9. The number of nitrogens with zero attached hydrogens (tertiary/aromatic N) is 4. The molecular formula is C27H23FN4O2. The Morgan fingerprint density at radius 2 is 2.09 bits per heavy atom. The van der Waals surface area contributed by atoms with Crippen LogP contribution in [0.2, 0.25) is 0 Å². The van der Waals surface area contributed by atoms with Crippen LogP contribution in [-0.2, 0) is 11.4 Å². The van der Waals surface area contributed by atoms with Gasteiger partial charge in [-0.15, -0.1) is 0 Å². The van der Waals surface area contributed by atoms with E-state index in [-0.39, 0.29) is 17.8 Å². The highest BCUT2D eigenvalue weighted by Gasteiger charge is 2.33. The van der Waals surface area contributed by atoms with Gasteiger partial charge < -0.3 is 9.64 Å². The van der Waals surface area contributed by atoms with Gasteiger partial charge in [-0.2, -0.15) is 0 Å². The van der Waals surface area contributed by atoms with E-state index in [0.29, 0.717) is 18.9 Å². The molecule has 1 saturated heterocycles. The second kappa shape index (κ2) is 9.36. The molecule has 5 rings (SSSR count). The molecule has 1 atom stereocenters. The molecule has 0 saturated carbocycles. The summed E-state index contributed by atoms with van der Waals surface area (Å²) in [5.74, 6) is 6.18. The summed E-state index contributed by atoms with van der Waals surface area (Å²) in [7, 11) is 0. The zero-order valence-corrected chi connectivity index (χ0v) is 18.7. The van der Waals surface area contributed by atoms with Gasteiger partial charge in [0.05, 0.1) is 23.4 Å². The van der Waals surface area contributed by atoms with E-state index in [9.17, 15) is 9.18 Å². The summed E-state index contributed by atoms with van der Waals surface area (Å²) in [5, 5.41) is 0. The minimum Gasteiger partial charge on any atom is -0.489 e. The number of carbonyl (C=O) groups excluding carboxylic acids is 1. The van der Waals surface area contributed by atoms with Crippen LogP contribution in [0.4, 0.5) is 4.39 Å². The SMILES string of the molecule is CC#CC(=O)N1CCC[C@H]1c1nc(-c2ccc(COc3cccc(F)c3)cc2)c2cnccn12. The van der Waals surface area contributed by atoms with Gasteiger partial charge in [0.15, 0.2) is 0 Å². The normalized spacial score (nSPS) is 15.2. The van der Waals surface area contributed by atoms with Crippen LogP contribution < -0.4 is 4.74 Å². The number of likely N-dealkylation sites (tertiary alicyclic amines) is 1. The predicted octanol–water partition coefficient (Wildman–Crippen LogP) is 4.80. The van der Waals surface area contributed by atoms with E-state index in [1.54, 1.807) is 31.5 Å². The fraction of sp³-hybridized carbons (Fsp3) is 0.222. The van der Waals surface area contributed by atoms with Gasteiger partial charge >= 0.3 is 0 Å². The lowest BCUT2D eigenvalue weighted by molar-refractivity contribution is -0.126. The predicted molar refractivity (Wildman–Crippen MR) is 126 cm³/mol. The molecule has 0 radical (unpaired) electrons. The molecule has 1 fully saturated rings. The van der Waals surface area contributed by atoms with Crippen LogP contribution in [0.25, 0.3) is 16.8 Å². The minimum atomic E-state index is -0.326. The maximum atomic E-state index is 13.4. The standard InChI is InChI=1S/C27H23FN4O2/c1-2-5-25(33)31-14-4-8-23(31)27-30-26(24-17-29-13-15-32(24)27)20-11-9-19(10-12-20)18-34-22-7-3-6-21(28)16-22/h3,6-7,9-13,15-17,23H,4,8,14,18H2,1H3/t23-/m0/s1. The maximum absolute atomic E-state index is 13.4. The molecule has 0 N–H and O–H groups in total. The Balaban J connectivity index is 1.43. The Labute approximate surface area is 197 Å². The van der Waals surface area contributed by atoms with Crippen molar-refractivity contribution in [2.24, 2.45) is 0 Å². The van der Waals surface area contributed by atoms with Crippen LogP contribution in [-0.4, -0.2) is 31.7 Å². The van der Waals surface area contributed by atoms with E-state index in [4.69, 9.17) is 9.72 Å². The average Bonchev–Trinajstić information content (AvgIpc) is 3.48. The van der Waals surface area contributed by atoms with Crippen LogP contribution in [0.5, 0.6) is 5.75 Å². The quantitative estimate of drug-likeness (QED) is 0.407. The molecule has 1 aliphatic heterocycles. The number of hydrogen-bond acceptors (Lipinski definition) is 4. The molecule has 0 aliphatic carbocycles. The topological polar surface area (TPSA) is 59.7 Å². The first-order valence-corrected chi connectivity index (χ1v) is 11.2. The number of fused-ring (bicyclic) bond motifs is 1. The summed E-state index contributed by atoms with van der Waals surface area (Å²) in [6.45, 7) is 2.68. The Kier molecular flexibility index (Phi) is 5.96. The molecule has 170 valence electrons. The lowest BCUT2D eigenvalue weighted by atomic mass is 10.1. The third-order valence-electron chi connectivity index (χ3n) is 5.95. The number of benzene rings is 2. The average molecular weight is 455 g/mol. The van der Waals surface area contributed by atoms with Crippen LogP contribution in [0.15, 0.2) is 67.1 Å². The largest absolute Gasteiger partial charge is 0.489 e. The molecule has 6 nitrogen and oxygen atoms in total. The molecule has 1 amide bonds. The number of aromatic nitrogens is 3. The van der Waals surface area contributed by atoms with Crippen molar-refractivity contribution in [1.29, 1.82) is 0 Å². The van der Waals surface area contributed by atoms with Crippen molar-refractivity contribution < 1.29 is 13.9 Å². The van der Waals surface area contributed by atoms with E-state index in [0.717, 1.165) is 41.0 Å². The van der Waals surface area contributed by atoms with Crippen molar-refractivity contribution in [2.75, 3.05) is 6.54 Å². The number of ether oxygens (including phenoxy) is 1.